The van der Waals surface area contributed by atoms with E-state index in [1.54, 1.807) is 30.7 Å². The van der Waals surface area contributed by atoms with Gasteiger partial charge in [-0.3, -0.25) is 4.79 Å². The molecule has 9 nitrogen and oxygen atoms in total. The molecule has 0 fully saturated rings. The van der Waals surface area contributed by atoms with Gasteiger partial charge in [-0.05, 0) is 24.3 Å². The number of aromatic amines is 1. The lowest BCUT2D eigenvalue weighted by Gasteiger charge is -2.12. The Kier molecular flexibility index (Phi) is 6.92. The maximum atomic E-state index is 13.1. The molecule has 0 bridgehead atoms. The molecular weight excluding hydrogens is 519 g/mol. The van der Waals surface area contributed by atoms with Gasteiger partial charge in [-0.1, -0.05) is 29.5 Å². The molecule has 5 rings (SSSR count). The summed E-state index contributed by atoms with van der Waals surface area (Å²) in [6.45, 7) is 1.87. The number of nitrogens with zero attached hydrogens (tertiary/aromatic N) is 4. The number of para-hydroxylation sites is 1. The minimum Gasteiger partial charge on any atom is -0.437 e. The predicted octanol–water partition coefficient (Wildman–Crippen LogP) is 5.90. The minimum absolute atomic E-state index is 0.167. The quantitative estimate of drug-likeness (QED) is 0.225. The number of imidazole rings is 1. The number of benzene rings is 2. The smallest absolute Gasteiger partial charge is 0.416 e. The van der Waals surface area contributed by atoms with Crippen molar-refractivity contribution in [2.75, 3.05) is 17.2 Å². The number of alkyl halides is 3. The van der Waals surface area contributed by atoms with Crippen molar-refractivity contribution >= 4 is 38.5 Å². The Morgan fingerprint density at radius 1 is 1.11 bits per heavy atom. The number of anilines is 2. The van der Waals surface area contributed by atoms with E-state index in [0.717, 1.165) is 22.5 Å². The van der Waals surface area contributed by atoms with Gasteiger partial charge in [0.1, 0.15) is 5.52 Å². The normalized spacial score (nSPS) is 11.5. The second-order valence-electron chi connectivity index (χ2n) is 8.15. The zero-order valence-corrected chi connectivity index (χ0v) is 20.7. The average molecular weight is 540 g/mol. The Labute approximate surface area is 218 Å². The zero-order valence-electron chi connectivity index (χ0n) is 19.8. The van der Waals surface area contributed by atoms with Crippen molar-refractivity contribution < 1.29 is 22.7 Å². The number of halogens is 3. The van der Waals surface area contributed by atoms with Crippen molar-refractivity contribution in [1.82, 2.24) is 24.9 Å². The average Bonchev–Trinajstić information content (AvgIpc) is 3.53. The van der Waals surface area contributed by atoms with E-state index in [4.69, 9.17) is 4.74 Å². The van der Waals surface area contributed by atoms with E-state index >= 15 is 0 Å². The number of thiazole rings is 1. The standard InChI is InChI=1S/C25H20F3N7O2S/c1-14(36)32-24-35-22-19(3-2-4-20(22)38-24)37-21-11-18(15-5-7-16(8-6-15)25(26,27)28)33-23(34-21)30-10-9-17-12-29-13-31-17/h2-8,11-13H,9-10H2,1H3,(H,29,31)(H,30,33,34)(H,32,35,36). The van der Waals surface area contributed by atoms with Gasteiger partial charge < -0.3 is 20.4 Å². The summed E-state index contributed by atoms with van der Waals surface area (Å²) >= 11 is 1.30. The van der Waals surface area contributed by atoms with E-state index in [1.165, 1.54) is 30.4 Å². The lowest BCUT2D eigenvalue weighted by atomic mass is 10.1. The summed E-state index contributed by atoms with van der Waals surface area (Å²) < 4.78 is 46.1. The highest BCUT2D eigenvalue weighted by Gasteiger charge is 2.30. The number of carbonyl (C=O) groups is 1. The van der Waals surface area contributed by atoms with Gasteiger partial charge in [0.25, 0.3) is 0 Å². The van der Waals surface area contributed by atoms with Crippen LogP contribution in [0.25, 0.3) is 21.5 Å². The molecule has 0 spiro atoms. The molecule has 0 aliphatic rings. The number of fused-ring (bicyclic) bond motifs is 1. The van der Waals surface area contributed by atoms with Crippen LogP contribution in [-0.2, 0) is 17.4 Å². The van der Waals surface area contributed by atoms with E-state index in [2.05, 4.69) is 35.6 Å². The number of aromatic nitrogens is 5. The monoisotopic (exact) mass is 539 g/mol. The van der Waals surface area contributed by atoms with Crippen molar-refractivity contribution in [1.29, 1.82) is 0 Å². The van der Waals surface area contributed by atoms with Crippen LogP contribution in [0.1, 0.15) is 18.2 Å². The third kappa shape index (κ3) is 5.89. The fourth-order valence-corrected chi connectivity index (χ4v) is 4.52. The van der Waals surface area contributed by atoms with Gasteiger partial charge >= 0.3 is 6.18 Å². The van der Waals surface area contributed by atoms with Crippen molar-refractivity contribution in [3.8, 4) is 22.9 Å². The summed E-state index contributed by atoms with van der Waals surface area (Å²) in [5.74, 6) is 0.562. The molecule has 0 radical (unpaired) electrons. The summed E-state index contributed by atoms with van der Waals surface area (Å²) in [6, 6.07) is 11.6. The van der Waals surface area contributed by atoms with Crippen molar-refractivity contribution in [3.63, 3.8) is 0 Å². The van der Waals surface area contributed by atoms with Gasteiger partial charge in [-0.25, -0.2) is 15.0 Å². The number of carbonyl (C=O) groups excluding carboxylic acids is 1. The van der Waals surface area contributed by atoms with Gasteiger partial charge in [0.15, 0.2) is 10.9 Å². The molecule has 5 aromatic rings. The molecule has 2 aromatic carbocycles. The number of ether oxygens (including phenoxy) is 1. The molecule has 0 saturated carbocycles. The number of hydrogen-bond acceptors (Lipinski definition) is 8. The van der Waals surface area contributed by atoms with Crippen molar-refractivity contribution in [2.45, 2.75) is 19.5 Å². The molecule has 38 heavy (non-hydrogen) atoms. The molecule has 0 atom stereocenters. The molecule has 1 amide bonds. The summed E-state index contributed by atoms with van der Waals surface area (Å²) in [5.41, 5.74) is 1.52. The van der Waals surface area contributed by atoms with Gasteiger partial charge in [0.05, 0.1) is 22.3 Å². The molecule has 0 aliphatic carbocycles. The van der Waals surface area contributed by atoms with Crippen LogP contribution in [0.2, 0.25) is 0 Å². The summed E-state index contributed by atoms with van der Waals surface area (Å²) in [5, 5.41) is 6.22. The maximum Gasteiger partial charge on any atom is 0.416 e. The lowest BCUT2D eigenvalue weighted by molar-refractivity contribution is -0.137. The zero-order chi connectivity index (χ0) is 26.7. The molecule has 0 unspecified atom stereocenters. The molecule has 3 N–H and O–H groups in total. The lowest BCUT2D eigenvalue weighted by Crippen LogP contribution is -2.09. The third-order valence-electron chi connectivity index (χ3n) is 5.32. The highest BCUT2D eigenvalue weighted by molar-refractivity contribution is 7.22. The van der Waals surface area contributed by atoms with Crippen LogP contribution in [0.5, 0.6) is 11.6 Å². The molecule has 0 aliphatic heterocycles. The van der Waals surface area contributed by atoms with Gasteiger partial charge in [0.2, 0.25) is 17.7 Å². The van der Waals surface area contributed by atoms with Crippen LogP contribution in [0.3, 0.4) is 0 Å². The highest BCUT2D eigenvalue weighted by Crippen LogP contribution is 2.36. The number of nitrogens with one attached hydrogen (secondary N) is 3. The fourth-order valence-electron chi connectivity index (χ4n) is 3.59. The van der Waals surface area contributed by atoms with Crippen LogP contribution >= 0.6 is 11.3 Å². The molecule has 3 heterocycles. The van der Waals surface area contributed by atoms with Crippen LogP contribution < -0.4 is 15.4 Å². The summed E-state index contributed by atoms with van der Waals surface area (Å²) in [7, 11) is 0. The van der Waals surface area contributed by atoms with Gasteiger partial charge in [-0.2, -0.15) is 18.2 Å². The predicted molar refractivity (Wildman–Crippen MR) is 137 cm³/mol. The first-order valence-electron chi connectivity index (χ1n) is 11.4. The van der Waals surface area contributed by atoms with E-state index < -0.39 is 11.7 Å². The molecule has 0 saturated heterocycles. The van der Waals surface area contributed by atoms with Gasteiger partial charge in [0, 0.05) is 43.4 Å². The van der Waals surface area contributed by atoms with E-state index in [-0.39, 0.29) is 17.7 Å². The van der Waals surface area contributed by atoms with E-state index in [1.807, 2.05) is 6.07 Å². The Balaban J connectivity index is 1.47. The Morgan fingerprint density at radius 3 is 2.63 bits per heavy atom. The van der Waals surface area contributed by atoms with Crippen LogP contribution in [-0.4, -0.2) is 37.4 Å². The first-order chi connectivity index (χ1) is 18.2. The summed E-state index contributed by atoms with van der Waals surface area (Å²) in [4.78, 5) is 31.8. The molecule has 3 aromatic heterocycles. The SMILES string of the molecule is CC(=O)Nc1nc2c(Oc3cc(-c4ccc(C(F)(F)F)cc4)nc(NCCc4cnc[nH]4)n3)cccc2s1. The number of rotatable bonds is 8. The first-order valence-corrected chi connectivity index (χ1v) is 12.2. The Hall–Kier alpha value is -4.52. The number of hydrogen-bond donors (Lipinski definition) is 3. The summed E-state index contributed by atoms with van der Waals surface area (Å²) in [6.07, 6.45) is -0.535. The first kappa shape index (κ1) is 25.1. The van der Waals surface area contributed by atoms with E-state index in [0.29, 0.717) is 40.6 Å². The molecular formula is C25H20F3N7O2S. The van der Waals surface area contributed by atoms with E-state index in [9.17, 15) is 18.0 Å². The topological polar surface area (TPSA) is 118 Å². The fraction of sp³-hybridized carbons (Fsp3) is 0.160. The highest BCUT2D eigenvalue weighted by atomic mass is 32.1. The Bertz CT molecular complexity index is 1570. The van der Waals surface area contributed by atoms with Crippen LogP contribution in [0.15, 0.2) is 61.1 Å². The number of H-pyrrole nitrogens is 1. The second-order valence-corrected chi connectivity index (χ2v) is 9.18. The maximum absolute atomic E-state index is 13.1. The minimum atomic E-state index is -4.44. The van der Waals surface area contributed by atoms with Crippen LogP contribution in [0.4, 0.5) is 24.3 Å². The molecule has 194 valence electrons. The van der Waals surface area contributed by atoms with Gasteiger partial charge in [-0.15, -0.1) is 0 Å². The number of amides is 1. The second kappa shape index (κ2) is 10.5. The van der Waals surface area contributed by atoms with Crippen LogP contribution in [0, 0.1) is 0 Å². The molecule has 13 heteroatoms. The van der Waals surface area contributed by atoms with Crippen molar-refractivity contribution in [3.05, 3.63) is 72.3 Å². The largest absolute Gasteiger partial charge is 0.437 e. The third-order valence-corrected chi connectivity index (χ3v) is 6.26. The Morgan fingerprint density at radius 2 is 1.92 bits per heavy atom. The van der Waals surface area contributed by atoms with Crippen molar-refractivity contribution in [2.24, 2.45) is 0 Å².